The lowest BCUT2D eigenvalue weighted by atomic mass is 10.2. The van der Waals surface area contributed by atoms with Crippen LogP contribution in [0, 0.1) is 11.6 Å². The number of carbonyl (C=O) groups is 2. The Morgan fingerprint density at radius 2 is 2.00 bits per heavy atom. The van der Waals surface area contributed by atoms with Crippen LogP contribution in [-0.4, -0.2) is 46.7 Å². The van der Waals surface area contributed by atoms with Gasteiger partial charge >= 0.3 is 6.03 Å². The van der Waals surface area contributed by atoms with Gasteiger partial charge in [-0.2, -0.15) is 0 Å². The first-order valence-corrected chi connectivity index (χ1v) is 10.6. The van der Waals surface area contributed by atoms with E-state index >= 15 is 0 Å². The summed E-state index contributed by atoms with van der Waals surface area (Å²) < 4.78 is 32.1. The fraction of sp³-hybridized carbons (Fsp3) is 0.238. The summed E-state index contributed by atoms with van der Waals surface area (Å²) in [6.07, 6.45) is 1.06. The Balaban J connectivity index is 1.42. The Morgan fingerprint density at radius 3 is 2.78 bits per heavy atom. The van der Waals surface area contributed by atoms with Crippen LogP contribution in [0.2, 0.25) is 0 Å². The molecule has 8 nitrogen and oxygen atoms in total. The quantitative estimate of drug-likeness (QED) is 0.598. The van der Waals surface area contributed by atoms with Crippen molar-refractivity contribution in [3.05, 3.63) is 54.1 Å². The molecule has 4 rings (SSSR count). The molecule has 1 unspecified atom stereocenters. The highest BCUT2D eigenvalue weighted by molar-refractivity contribution is 7.18. The lowest BCUT2D eigenvalue weighted by Crippen LogP contribution is -2.45. The van der Waals surface area contributed by atoms with Crippen LogP contribution in [0.5, 0.6) is 5.75 Å². The summed E-state index contributed by atoms with van der Waals surface area (Å²) in [7, 11) is 1.57. The molecule has 0 aliphatic carbocycles. The molecule has 1 aromatic heterocycles. The van der Waals surface area contributed by atoms with Crippen LogP contribution in [0.4, 0.5) is 24.4 Å². The maximum Gasteiger partial charge on any atom is 0.322 e. The van der Waals surface area contributed by atoms with Crippen LogP contribution in [0.3, 0.4) is 0 Å². The summed E-state index contributed by atoms with van der Waals surface area (Å²) >= 11 is 1.19. The van der Waals surface area contributed by atoms with Gasteiger partial charge in [0.1, 0.15) is 28.4 Å². The van der Waals surface area contributed by atoms with Gasteiger partial charge in [-0.25, -0.2) is 13.6 Å². The third kappa shape index (κ3) is 4.67. The Bertz CT molecular complexity index is 1160. The van der Waals surface area contributed by atoms with E-state index in [2.05, 4.69) is 20.8 Å². The van der Waals surface area contributed by atoms with Crippen molar-refractivity contribution in [2.45, 2.75) is 18.9 Å². The van der Waals surface area contributed by atoms with E-state index in [-0.39, 0.29) is 5.69 Å². The zero-order valence-corrected chi connectivity index (χ0v) is 17.8. The molecule has 166 valence electrons. The van der Waals surface area contributed by atoms with Gasteiger partial charge in [-0.05, 0) is 37.1 Å². The second-order valence-corrected chi connectivity index (χ2v) is 8.02. The molecular weight excluding hydrogens is 440 g/mol. The molecule has 0 radical (unpaired) electrons. The summed E-state index contributed by atoms with van der Waals surface area (Å²) in [6.45, 7) is 0.331. The van der Waals surface area contributed by atoms with Crippen molar-refractivity contribution >= 4 is 34.1 Å². The number of benzene rings is 2. The first-order valence-electron chi connectivity index (χ1n) is 9.76. The van der Waals surface area contributed by atoms with Crippen molar-refractivity contribution < 1.29 is 23.1 Å². The summed E-state index contributed by atoms with van der Waals surface area (Å²) in [5, 5.41) is 14.1. The predicted octanol–water partition coefficient (Wildman–Crippen LogP) is 4.13. The number of aromatic nitrogens is 2. The summed E-state index contributed by atoms with van der Waals surface area (Å²) in [4.78, 5) is 26.7. The van der Waals surface area contributed by atoms with Gasteiger partial charge in [0.15, 0.2) is 0 Å². The number of rotatable bonds is 5. The number of hydrogen-bond donors (Lipinski definition) is 2. The number of likely N-dealkylation sites (tertiary alicyclic amines) is 1. The van der Waals surface area contributed by atoms with Gasteiger partial charge in [0, 0.05) is 18.2 Å². The van der Waals surface area contributed by atoms with Crippen molar-refractivity contribution in [3.63, 3.8) is 0 Å². The predicted molar refractivity (Wildman–Crippen MR) is 116 cm³/mol. The van der Waals surface area contributed by atoms with E-state index in [0.717, 1.165) is 17.7 Å². The lowest BCUT2D eigenvalue weighted by Gasteiger charge is -2.23. The molecule has 1 aliphatic rings. The molecule has 2 heterocycles. The first-order chi connectivity index (χ1) is 15.4. The minimum absolute atomic E-state index is 0.158. The zero-order chi connectivity index (χ0) is 22.7. The van der Waals surface area contributed by atoms with Crippen molar-refractivity contribution in [2.75, 3.05) is 24.3 Å². The van der Waals surface area contributed by atoms with Crippen LogP contribution in [0.25, 0.3) is 10.6 Å². The number of ether oxygens (including phenoxy) is 1. The molecule has 1 fully saturated rings. The van der Waals surface area contributed by atoms with Gasteiger partial charge in [0.25, 0.3) is 0 Å². The number of nitrogens with zero attached hydrogens (tertiary/aromatic N) is 3. The number of carbonyl (C=O) groups excluding carboxylic acids is 2. The minimum Gasteiger partial charge on any atom is -0.497 e. The molecule has 32 heavy (non-hydrogen) atoms. The van der Waals surface area contributed by atoms with E-state index in [4.69, 9.17) is 4.74 Å². The van der Waals surface area contributed by atoms with E-state index in [1.165, 1.54) is 16.2 Å². The lowest BCUT2D eigenvalue weighted by molar-refractivity contribution is -0.119. The van der Waals surface area contributed by atoms with Crippen LogP contribution in [-0.2, 0) is 4.79 Å². The van der Waals surface area contributed by atoms with E-state index in [0.29, 0.717) is 41.3 Å². The molecule has 2 N–H and O–H groups in total. The fourth-order valence-corrected chi connectivity index (χ4v) is 4.14. The number of nitrogens with one attached hydrogen (secondary N) is 2. The molecule has 0 saturated carbocycles. The Hall–Kier alpha value is -3.60. The van der Waals surface area contributed by atoms with Crippen molar-refractivity contribution in [1.29, 1.82) is 0 Å². The normalized spacial score (nSPS) is 15.5. The van der Waals surface area contributed by atoms with Gasteiger partial charge in [0.2, 0.25) is 11.0 Å². The average molecular weight is 459 g/mol. The van der Waals surface area contributed by atoms with E-state index in [1.807, 2.05) is 24.3 Å². The molecule has 0 bridgehead atoms. The molecule has 2 aromatic carbocycles. The number of urea groups is 1. The third-order valence-corrected chi connectivity index (χ3v) is 5.85. The van der Waals surface area contributed by atoms with Gasteiger partial charge in [-0.1, -0.05) is 23.5 Å². The SMILES string of the molecule is COc1cccc(-c2nnc(NC(=O)C3CCCN3C(=O)Nc3ccc(F)cc3F)s2)c1. The summed E-state index contributed by atoms with van der Waals surface area (Å²) in [6, 6.07) is 8.77. The standard InChI is InChI=1S/C21H19F2N5O3S/c1-31-14-5-2-4-12(10-14)19-26-27-20(32-19)25-18(29)17-6-3-9-28(17)21(30)24-16-8-7-13(22)11-15(16)23/h2,4-5,7-8,10-11,17H,3,6,9H2,1H3,(H,24,30)(H,25,27,29). The fourth-order valence-electron chi connectivity index (χ4n) is 3.40. The third-order valence-electron chi connectivity index (χ3n) is 4.96. The van der Waals surface area contributed by atoms with E-state index in [9.17, 15) is 18.4 Å². The summed E-state index contributed by atoms with van der Waals surface area (Å²) in [5.74, 6) is -1.37. The number of hydrogen-bond acceptors (Lipinski definition) is 6. The van der Waals surface area contributed by atoms with Crippen LogP contribution in [0.1, 0.15) is 12.8 Å². The van der Waals surface area contributed by atoms with Gasteiger partial charge in [0.05, 0.1) is 12.8 Å². The van der Waals surface area contributed by atoms with Crippen molar-refractivity contribution in [1.82, 2.24) is 15.1 Å². The first kappa shape index (κ1) is 21.6. The van der Waals surface area contributed by atoms with Gasteiger partial charge < -0.3 is 15.0 Å². The zero-order valence-electron chi connectivity index (χ0n) is 17.0. The second-order valence-electron chi connectivity index (χ2n) is 7.04. The number of anilines is 2. The second kappa shape index (κ2) is 9.27. The number of halogens is 2. The molecule has 3 aromatic rings. The Kier molecular flexibility index (Phi) is 6.26. The number of amides is 3. The van der Waals surface area contributed by atoms with Crippen LogP contribution < -0.4 is 15.4 Å². The molecule has 0 spiro atoms. The van der Waals surface area contributed by atoms with Crippen LogP contribution >= 0.6 is 11.3 Å². The largest absolute Gasteiger partial charge is 0.497 e. The topological polar surface area (TPSA) is 96.5 Å². The Labute approximate surface area is 186 Å². The number of methoxy groups -OCH3 is 1. The summed E-state index contributed by atoms with van der Waals surface area (Å²) in [5.41, 5.74) is 0.639. The molecular formula is C21H19F2N5O3S. The van der Waals surface area contributed by atoms with Crippen molar-refractivity contribution in [2.24, 2.45) is 0 Å². The minimum atomic E-state index is -0.891. The highest BCUT2D eigenvalue weighted by Crippen LogP contribution is 2.29. The van der Waals surface area contributed by atoms with Crippen LogP contribution in [0.15, 0.2) is 42.5 Å². The average Bonchev–Trinajstić information content (AvgIpc) is 3.45. The Morgan fingerprint density at radius 1 is 1.16 bits per heavy atom. The molecule has 3 amide bonds. The smallest absolute Gasteiger partial charge is 0.322 e. The van der Waals surface area contributed by atoms with E-state index < -0.39 is 29.6 Å². The molecule has 1 saturated heterocycles. The molecule has 1 atom stereocenters. The van der Waals surface area contributed by atoms with Crippen molar-refractivity contribution in [3.8, 4) is 16.3 Å². The monoisotopic (exact) mass is 459 g/mol. The van der Waals surface area contributed by atoms with Gasteiger partial charge in [-0.3, -0.25) is 10.1 Å². The van der Waals surface area contributed by atoms with E-state index in [1.54, 1.807) is 7.11 Å². The maximum atomic E-state index is 13.9. The maximum absolute atomic E-state index is 13.9. The highest BCUT2D eigenvalue weighted by Gasteiger charge is 2.35. The van der Waals surface area contributed by atoms with Gasteiger partial charge in [-0.15, -0.1) is 10.2 Å². The molecule has 1 aliphatic heterocycles. The molecule has 11 heteroatoms. The highest BCUT2D eigenvalue weighted by atomic mass is 32.1.